The van der Waals surface area contributed by atoms with Crippen LogP contribution in [0.2, 0.25) is 0 Å². The molecule has 86 valence electrons. The maximum absolute atomic E-state index is 12.3. The highest BCUT2D eigenvalue weighted by atomic mass is 19.4. The highest BCUT2D eigenvalue weighted by Gasteiger charge is 2.50. The number of nitrogens with two attached hydrogens (primary N) is 1. The van der Waals surface area contributed by atoms with Crippen molar-refractivity contribution in [3.8, 4) is 0 Å². The molecule has 1 atom stereocenters. The lowest BCUT2D eigenvalue weighted by atomic mass is 9.96. The van der Waals surface area contributed by atoms with Gasteiger partial charge in [-0.1, -0.05) is 30.3 Å². The molecular weight excluding hydrogens is 207 g/mol. The predicted molar refractivity (Wildman–Crippen MR) is 52.2 cm³/mol. The van der Waals surface area contributed by atoms with Gasteiger partial charge >= 0.3 is 6.18 Å². The van der Waals surface area contributed by atoms with E-state index in [4.69, 9.17) is 0 Å². The first-order valence-corrected chi connectivity index (χ1v) is 4.28. The second-order valence-corrected chi connectivity index (χ2v) is 2.94. The summed E-state index contributed by atoms with van der Waals surface area (Å²) in [4.78, 5) is 0. The summed E-state index contributed by atoms with van der Waals surface area (Å²) in [6, 6.07) is 6.99. The van der Waals surface area contributed by atoms with E-state index in [1.54, 1.807) is 6.07 Å². The molecule has 0 aliphatic rings. The van der Waals surface area contributed by atoms with Crippen molar-refractivity contribution in [3.63, 3.8) is 0 Å². The SMILES string of the molecule is CC(O)(c1ccccc1)C(F)(F)F.CN. The van der Waals surface area contributed by atoms with Crippen molar-refractivity contribution < 1.29 is 18.3 Å². The Kier molecular flexibility index (Phi) is 4.77. The van der Waals surface area contributed by atoms with E-state index in [1.807, 2.05) is 0 Å². The number of hydrogen-bond donors (Lipinski definition) is 2. The van der Waals surface area contributed by atoms with Crippen LogP contribution in [0.3, 0.4) is 0 Å². The maximum atomic E-state index is 12.3. The van der Waals surface area contributed by atoms with Crippen LogP contribution < -0.4 is 5.73 Å². The van der Waals surface area contributed by atoms with Gasteiger partial charge in [-0.2, -0.15) is 13.2 Å². The normalized spacial score (nSPS) is 14.9. The molecule has 3 N–H and O–H groups in total. The zero-order chi connectivity index (χ0) is 12.1. The number of alkyl halides is 3. The van der Waals surface area contributed by atoms with Crippen LogP contribution in [-0.2, 0) is 5.60 Å². The number of halogens is 3. The Balaban J connectivity index is 0.000000921. The van der Waals surface area contributed by atoms with Gasteiger partial charge in [-0.3, -0.25) is 0 Å². The molecule has 0 heterocycles. The van der Waals surface area contributed by atoms with Crippen molar-refractivity contribution in [1.29, 1.82) is 0 Å². The standard InChI is InChI=1S/C9H9F3O.CH5N/c1-8(13,9(10,11)12)7-5-3-2-4-6-7;1-2/h2-6,13H,1H3;2H2,1H3. The van der Waals surface area contributed by atoms with Gasteiger partial charge in [-0.15, -0.1) is 0 Å². The van der Waals surface area contributed by atoms with Crippen LogP contribution >= 0.6 is 0 Å². The van der Waals surface area contributed by atoms with Crippen molar-refractivity contribution in [2.75, 3.05) is 7.05 Å². The summed E-state index contributed by atoms with van der Waals surface area (Å²) in [6.07, 6.45) is -4.64. The molecule has 0 saturated carbocycles. The molecule has 5 heteroatoms. The van der Waals surface area contributed by atoms with Crippen molar-refractivity contribution >= 4 is 0 Å². The lowest BCUT2D eigenvalue weighted by Crippen LogP contribution is -2.39. The Bertz CT molecular complexity index is 282. The third kappa shape index (κ3) is 3.21. The van der Waals surface area contributed by atoms with Gasteiger partial charge in [-0.05, 0) is 19.5 Å². The van der Waals surface area contributed by atoms with E-state index in [9.17, 15) is 18.3 Å². The van der Waals surface area contributed by atoms with Crippen molar-refractivity contribution in [2.24, 2.45) is 5.73 Å². The van der Waals surface area contributed by atoms with Gasteiger partial charge in [0.2, 0.25) is 0 Å². The van der Waals surface area contributed by atoms with Crippen LogP contribution in [0.4, 0.5) is 13.2 Å². The lowest BCUT2D eigenvalue weighted by Gasteiger charge is -2.26. The highest BCUT2D eigenvalue weighted by molar-refractivity contribution is 5.22. The molecule has 15 heavy (non-hydrogen) atoms. The Morgan fingerprint density at radius 2 is 1.47 bits per heavy atom. The number of hydrogen-bond acceptors (Lipinski definition) is 2. The average Bonchev–Trinajstić information content (AvgIpc) is 2.20. The molecule has 2 nitrogen and oxygen atoms in total. The molecular formula is C10H14F3NO. The first kappa shape index (κ1) is 13.9. The summed E-state index contributed by atoms with van der Waals surface area (Å²) in [7, 11) is 1.50. The van der Waals surface area contributed by atoms with E-state index in [2.05, 4.69) is 5.73 Å². The van der Waals surface area contributed by atoms with Gasteiger partial charge < -0.3 is 10.8 Å². The number of benzene rings is 1. The van der Waals surface area contributed by atoms with Gasteiger partial charge in [0, 0.05) is 0 Å². The van der Waals surface area contributed by atoms with E-state index in [-0.39, 0.29) is 5.56 Å². The smallest absolute Gasteiger partial charge is 0.376 e. The second-order valence-electron chi connectivity index (χ2n) is 2.94. The largest absolute Gasteiger partial charge is 0.421 e. The van der Waals surface area contributed by atoms with Crippen LogP contribution in [-0.4, -0.2) is 18.3 Å². The molecule has 0 aliphatic carbocycles. The average molecular weight is 221 g/mol. The van der Waals surface area contributed by atoms with Gasteiger partial charge in [0.15, 0.2) is 5.60 Å². The molecule has 0 aliphatic heterocycles. The summed E-state index contributed by atoms with van der Waals surface area (Å²) >= 11 is 0. The van der Waals surface area contributed by atoms with Gasteiger partial charge in [0.05, 0.1) is 0 Å². The molecule has 0 bridgehead atoms. The second kappa shape index (κ2) is 5.14. The van der Waals surface area contributed by atoms with E-state index >= 15 is 0 Å². The fourth-order valence-electron chi connectivity index (χ4n) is 0.926. The minimum atomic E-state index is -4.64. The van der Waals surface area contributed by atoms with Crippen LogP contribution in [0.5, 0.6) is 0 Å². The molecule has 0 spiro atoms. The van der Waals surface area contributed by atoms with Crippen molar-refractivity contribution in [1.82, 2.24) is 0 Å². The van der Waals surface area contributed by atoms with E-state index in [0.29, 0.717) is 0 Å². The Morgan fingerprint density at radius 1 is 1.07 bits per heavy atom. The van der Waals surface area contributed by atoms with E-state index in [0.717, 1.165) is 6.92 Å². The molecule has 0 amide bonds. The maximum Gasteiger partial charge on any atom is 0.421 e. The van der Waals surface area contributed by atoms with Crippen LogP contribution in [0, 0.1) is 0 Å². The minimum Gasteiger partial charge on any atom is -0.376 e. The van der Waals surface area contributed by atoms with Crippen LogP contribution in [0.15, 0.2) is 30.3 Å². The van der Waals surface area contributed by atoms with Crippen LogP contribution in [0.25, 0.3) is 0 Å². The number of rotatable bonds is 1. The van der Waals surface area contributed by atoms with Gasteiger partial charge in [0.1, 0.15) is 0 Å². The highest BCUT2D eigenvalue weighted by Crippen LogP contribution is 2.37. The van der Waals surface area contributed by atoms with Crippen LogP contribution in [0.1, 0.15) is 12.5 Å². The summed E-state index contributed by atoms with van der Waals surface area (Å²) in [6.45, 7) is 0.738. The first-order chi connectivity index (χ1) is 6.86. The molecule has 1 aromatic carbocycles. The molecule has 1 aromatic rings. The topological polar surface area (TPSA) is 46.2 Å². The third-order valence-corrected chi connectivity index (χ3v) is 1.89. The zero-order valence-electron chi connectivity index (χ0n) is 8.55. The van der Waals surface area contributed by atoms with E-state index in [1.165, 1.54) is 31.3 Å². The Morgan fingerprint density at radius 3 is 1.80 bits per heavy atom. The lowest BCUT2D eigenvalue weighted by molar-refractivity contribution is -0.258. The predicted octanol–water partition coefficient (Wildman–Crippen LogP) is 2.03. The van der Waals surface area contributed by atoms with Gasteiger partial charge in [-0.25, -0.2) is 0 Å². The molecule has 0 saturated heterocycles. The summed E-state index contributed by atoms with van der Waals surface area (Å²) in [5.74, 6) is 0. The zero-order valence-corrected chi connectivity index (χ0v) is 8.55. The summed E-state index contributed by atoms with van der Waals surface area (Å²) in [5, 5.41) is 9.20. The summed E-state index contributed by atoms with van der Waals surface area (Å²) in [5.41, 5.74) is 1.58. The summed E-state index contributed by atoms with van der Waals surface area (Å²) < 4.78 is 36.8. The first-order valence-electron chi connectivity index (χ1n) is 4.28. The fraction of sp³-hybridized carbons (Fsp3) is 0.400. The monoisotopic (exact) mass is 221 g/mol. The molecule has 0 radical (unpaired) electrons. The quantitative estimate of drug-likeness (QED) is 0.762. The Hall–Kier alpha value is -1.07. The number of aliphatic hydroxyl groups is 1. The Labute approximate surface area is 86.5 Å². The molecule has 0 fully saturated rings. The molecule has 0 aromatic heterocycles. The molecule has 1 rings (SSSR count). The van der Waals surface area contributed by atoms with Crippen molar-refractivity contribution in [2.45, 2.75) is 18.7 Å². The third-order valence-electron chi connectivity index (χ3n) is 1.89. The van der Waals surface area contributed by atoms with Crippen molar-refractivity contribution in [3.05, 3.63) is 35.9 Å². The van der Waals surface area contributed by atoms with Gasteiger partial charge in [0.25, 0.3) is 0 Å². The van der Waals surface area contributed by atoms with E-state index < -0.39 is 11.8 Å². The molecule has 1 unspecified atom stereocenters. The fourth-order valence-corrected chi connectivity index (χ4v) is 0.926. The minimum absolute atomic E-state index is 0.150.